The van der Waals surface area contributed by atoms with E-state index in [9.17, 15) is 22.8 Å². The number of aromatic nitrogens is 3. The Balaban J connectivity index is 1.87. The van der Waals surface area contributed by atoms with Crippen molar-refractivity contribution < 1.29 is 27.5 Å². The largest absolute Gasteiger partial charge is 0.462 e. The molecular formula is C20H17F3N4O3. The van der Waals surface area contributed by atoms with Crippen molar-refractivity contribution in [1.29, 1.82) is 0 Å². The van der Waals surface area contributed by atoms with Crippen molar-refractivity contribution in [3.63, 3.8) is 0 Å². The van der Waals surface area contributed by atoms with Crippen LogP contribution in [-0.4, -0.2) is 33.2 Å². The number of anilines is 1. The zero-order valence-electron chi connectivity index (χ0n) is 16.0. The van der Waals surface area contributed by atoms with E-state index in [1.54, 1.807) is 25.1 Å². The lowest BCUT2D eigenvalue weighted by Crippen LogP contribution is -2.18. The molecule has 3 rings (SSSR count). The summed E-state index contributed by atoms with van der Waals surface area (Å²) >= 11 is 0. The highest BCUT2D eigenvalue weighted by Crippen LogP contribution is 2.34. The van der Waals surface area contributed by atoms with Gasteiger partial charge in [-0.2, -0.15) is 18.3 Å². The minimum Gasteiger partial charge on any atom is -0.462 e. The number of amides is 1. The van der Waals surface area contributed by atoms with Gasteiger partial charge in [0, 0.05) is 11.4 Å². The first-order valence-electron chi connectivity index (χ1n) is 8.88. The van der Waals surface area contributed by atoms with Gasteiger partial charge < -0.3 is 10.1 Å². The number of hydrogen-bond donors (Lipinski definition) is 1. The van der Waals surface area contributed by atoms with E-state index in [0.29, 0.717) is 16.1 Å². The molecule has 10 heteroatoms. The highest BCUT2D eigenvalue weighted by Gasteiger charge is 2.41. The second-order valence-electron chi connectivity index (χ2n) is 6.20. The fourth-order valence-electron chi connectivity index (χ4n) is 2.73. The van der Waals surface area contributed by atoms with Crippen molar-refractivity contribution in [2.75, 3.05) is 11.9 Å². The molecule has 30 heavy (non-hydrogen) atoms. The van der Waals surface area contributed by atoms with Crippen LogP contribution in [0.5, 0.6) is 0 Å². The highest BCUT2D eigenvalue weighted by molar-refractivity contribution is 6.02. The topological polar surface area (TPSA) is 86.1 Å². The van der Waals surface area contributed by atoms with Crippen LogP contribution in [0.1, 0.15) is 39.2 Å². The standard InChI is InChI=1S/C20H17F3N4O3/c1-3-30-19(29)15-11-24-27(17(15)20(21,22)23)14-9-7-13(8-10-14)26-18(28)16-6-4-5-12(2)25-16/h4-11H,3H2,1-2H3,(H,26,28). The molecule has 0 saturated carbocycles. The molecule has 3 aromatic rings. The molecule has 2 aromatic heterocycles. The highest BCUT2D eigenvalue weighted by atomic mass is 19.4. The first-order valence-corrected chi connectivity index (χ1v) is 8.88. The van der Waals surface area contributed by atoms with Crippen molar-refractivity contribution >= 4 is 17.6 Å². The van der Waals surface area contributed by atoms with Gasteiger partial charge in [-0.25, -0.2) is 14.5 Å². The molecule has 0 unspecified atom stereocenters. The number of pyridine rings is 1. The van der Waals surface area contributed by atoms with Crippen LogP contribution >= 0.6 is 0 Å². The Labute approximate surface area is 169 Å². The maximum absolute atomic E-state index is 13.6. The van der Waals surface area contributed by atoms with Gasteiger partial charge in [-0.05, 0) is 50.2 Å². The molecule has 0 bridgehead atoms. The SMILES string of the molecule is CCOC(=O)c1cnn(-c2ccc(NC(=O)c3cccc(C)n3)cc2)c1C(F)(F)F. The average molecular weight is 418 g/mol. The van der Waals surface area contributed by atoms with E-state index in [1.165, 1.54) is 31.2 Å². The third kappa shape index (κ3) is 4.48. The van der Waals surface area contributed by atoms with E-state index in [1.807, 2.05) is 0 Å². The first kappa shape index (κ1) is 21.0. The number of ether oxygens (including phenoxy) is 1. The lowest BCUT2D eigenvalue weighted by atomic mass is 10.2. The minimum absolute atomic E-state index is 0.0598. The van der Waals surface area contributed by atoms with E-state index < -0.39 is 29.3 Å². The number of benzene rings is 1. The summed E-state index contributed by atoms with van der Waals surface area (Å²) in [5, 5.41) is 6.32. The van der Waals surface area contributed by atoms with Crippen LogP contribution in [0.25, 0.3) is 5.69 Å². The molecule has 0 spiro atoms. The maximum Gasteiger partial charge on any atom is 0.434 e. The number of carbonyl (C=O) groups excluding carboxylic acids is 2. The fourth-order valence-corrected chi connectivity index (χ4v) is 2.73. The van der Waals surface area contributed by atoms with Gasteiger partial charge in [0.1, 0.15) is 11.3 Å². The molecule has 2 heterocycles. The Morgan fingerprint density at radius 3 is 2.43 bits per heavy atom. The van der Waals surface area contributed by atoms with E-state index in [-0.39, 0.29) is 18.0 Å². The molecule has 0 radical (unpaired) electrons. The summed E-state index contributed by atoms with van der Waals surface area (Å²) in [5.74, 6) is -1.56. The van der Waals surface area contributed by atoms with Gasteiger partial charge in [0.05, 0.1) is 18.5 Å². The third-order valence-electron chi connectivity index (χ3n) is 4.02. The van der Waals surface area contributed by atoms with E-state index in [2.05, 4.69) is 20.1 Å². The summed E-state index contributed by atoms with van der Waals surface area (Å²) in [6.07, 6.45) is -4.01. The Bertz CT molecular complexity index is 1080. The molecule has 1 amide bonds. The van der Waals surface area contributed by atoms with Crippen LogP contribution < -0.4 is 5.32 Å². The van der Waals surface area contributed by atoms with Crippen LogP contribution in [0.4, 0.5) is 18.9 Å². The zero-order valence-corrected chi connectivity index (χ0v) is 16.0. The number of nitrogens with zero attached hydrogens (tertiary/aromatic N) is 3. The molecule has 1 N–H and O–H groups in total. The van der Waals surface area contributed by atoms with E-state index in [0.717, 1.165) is 6.20 Å². The molecule has 7 nitrogen and oxygen atoms in total. The summed E-state index contributed by atoms with van der Waals surface area (Å²) in [6, 6.07) is 10.5. The molecule has 0 aliphatic heterocycles. The summed E-state index contributed by atoms with van der Waals surface area (Å²) in [6.45, 7) is 3.18. The van der Waals surface area contributed by atoms with Gasteiger partial charge in [0.2, 0.25) is 0 Å². The summed E-state index contributed by atoms with van der Waals surface area (Å²) in [4.78, 5) is 28.2. The van der Waals surface area contributed by atoms with Crippen molar-refractivity contribution in [1.82, 2.24) is 14.8 Å². The Hall–Kier alpha value is -3.69. The maximum atomic E-state index is 13.6. The lowest BCUT2D eigenvalue weighted by Gasteiger charge is -2.13. The fraction of sp³-hybridized carbons (Fsp3) is 0.200. The number of halogens is 3. The van der Waals surface area contributed by atoms with Crippen molar-refractivity contribution in [2.45, 2.75) is 20.0 Å². The number of esters is 1. The summed E-state index contributed by atoms with van der Waals surface area (Å²) in [7, 11) is 0. The first-order chi connectivity index (χ1) is 14.2. The van der Waals surface area contributed by atoms with Gasteiger partial charge in [0.25, 0.3) is 5.91 Å². The molecule has 0 atom stereocenters. The molecule has 0 saturated heterocycles. The number of carbonyl (C=O) groups is 2. The molecule has 1 aromatic carbocycles. The monoisotopic (exact) mass is 418 g/mol. The molecule has 0 fully saturated rings. The predicted octanol–water partition coefficient (Wildman–Crippen LogP) is 4.02. The Morgan fingerprint density at radius 1 is 1.13 bits per heavy atom. The predicted molar refractivity (Wildman–Crippen MR) is 101 cm³/mol. The number of aryl methyl sites for hydroxylation is 1. The zero-order chi connectivity index (χ0) is 21.9. The smallest absolute Gasteiger partial charge is 0.434 e. The van der Waals surface area contributed by atoms with Gasteiger partial charge in [0.15, 0.2) is 5.69 Å². The van der Waals surface area contributed by atoms with Gasteiger partial charge in [-0.3, -0.25) is 4.79 Å². The van der Waals surface area contributed by atoms with Crippen LogP contribution in [0, 0.1) is 6.92 Å². The second-order valence-corrected chi connectivity index (χ2v) is 6.20. The van der Waals surface area contributed by atoms with Crippen LogP contribution in [0.15, 0.2) is 48.7 Å². The second kappa shape index (κ2) is 8.36. The minimum atomic E-state index is -4.83. The Morgan fingerprint density at radius 2 is 1.83 bits per heavy atom. The van der Waals surface area contributed by atoms with Gasteiger partial charge in [-0.1, -0.05) is 6.07 Å². The summed E-state index contributed by atoms with van der Waals surface area (Å²) in [5.41, 5.74) is -0.602. The Kier molecular flexibility index (Phi) is 5.86. The number of alkyl halides is 3. The van der Waals surface area contributed by atoms with Crippen LogP contribution in [-0.2, 0) is 10.9 Å². The normalized spacial score (nSPS) is 11.2. The molecule has 156 valence electrons. The van der Waals surface area contributed by atoms with E-state index >= 15 is 0 Å². The van der Waals surface area contributed by atoms with Crippen molar-refractivity contribution in [3.8, 4) is 5.69 Å². The van der Waals surface area contributed by atoms with E-state index in [4.69, 9.17) is 0 Å². The molecule has 0 aliphatic rings. The van der Waals surface area contributed by atoms with Gasteiger partial charge >= 0.3 is 12.1 Å². The summed E-state index contributed by atoms with van der Waals surface area (Å²) < 4.78 is 46.0. The number of nitrogens with one attached hydrogen (secondary N) is 1. The third-order valence-corrected chi connectivity index (χ3v) is 4.02. The quantitative estimate of drug-likeness (QED) is 0.633. The average Bonchev–Trinajstić information content (AvgIpc) is 3.14. The van der Waals surface area contributed by atoms with Crippen molar-refractivity contribution in [2.24, 2.45) is 0 Å². The molecule has 0 aliphatic carbocycles. The van der Waals surface area contributed by atoms with Crippen LogP contribution in [0.3, 0.4) is 0 Å². The van der Waals surface area contributed by atoms with Gasteiger partial charge in [-0.15, -0.1) is 0 Å². The number of hydrogen-bond acceptors (Lipinski definition) is 5. The van der Waals surface area contributed by atoms with Crippen LogP contribution in [0.2, 0.25) is 0 Å². The molecular weight excluding hydrogens is 401 g/mol. The van der Waals surface area contributed by atoms with Crippen molar-refractivity contribution in [3.05, 3.63) is 71.3 Å². The lowest BCUT2D eigenvalue weighted by molar-refractivity contribution is -0.143. The number of rotatable bonds is 5.